The van der Waals surface area contributed by atoms with Crippen molar-refractivity contribution in [1.82, 2.24) is 5.32 Å². The van der Waals surface area contributed by atoms with Crippen LogP contribution in [0.15, 0.2) is 36.4 Å². The highest BCUT2D eigenvalue weighted by atomic mass is 14.8. The number of nitrogens with one attached hydrogen (secondary N) is 1. The van der Waals surface area contributed by atoms with Gasteiger partial charge in [-0.1, -0.05) is 30.3 Å². The van der Waals surface area contributed by atoms with Gasteiger partial charge in [0.25, 0.3) is 0 Å². The minimum Gasteiger partial charge on any atom is -0.316 e. The number of hydrogen-bond acceptors (Lipinski definition) is 1. The van der Waals surface area contributed by atoms with Crippen LogP contribution in [0.4, 0.5) is 0 Å². The summed E-state index contributed by atoms with van der Waals surface area (Å²) in [4.78, 5) is 0. The second-order valence-electron chi connectivity index (χ2n) is 4.98. The van der Waals surface area contributed by atoms with E-state index in [9.17, 15) is 0 Å². The molecular formula is C17H21N. The lowest BCUT2D eigenvalue weighted by atomic mass is 9.94. The van der Waals surface area contributed by atoms with Crippen LogP contribution in [0.2, 0.25) is 0 Å². The first-order chi connectivity index (χ1) is 8.61. The summed E-state index contributed by atoms with van der Waals surface area (Å²) in [6.45, 7) is 7.45. The molecule has 0 aliphatic rings. The molecule has 2 aromatic rings. The standard InChI is InChI=1S/C17H21N/c1-12-8-14(3)17(9-13(12)2)16-7-5-6-15(10-16)11-18-4/h5-10,18H,11H2,1-4H3. The molecule has 0 bridgehead atoms. The smallest absolute Gasteiger partial charge is 0.0202 e. The zero-order valence-corrected chi connectivity index (χ0v) is 11.7. The number of benzene rings is 2. The Hall–Kier alpha value is -1.60. The highest BCUT2D eigenvalue weighted by Crippen LogP contribution is 2.27. The van der Waals surface area contributed by atoms with Crippen LogP contribution in [-0.2, 0) is 6.54 Å². The van der Waals surface area contributed by atoms with Crippen LogP contribution in [0.3, 0.4) is 0 Å². The highest BCUT2D eigenvalue weighted by molar-refractivity contribution is 5.69. The Morgan fingerprint density at radius 1 is 0.889 bits per heavy atom. The van der Waals surface area contributed by atoms with Crippen molar-refractivity contribution in [2.45, 2.75) is 27.3 Å². The van der Waals surface area contributed by atoms with Crippen molar-refractivity contribution in [3.05, 3.63) is 58.7 Å². The van der Waals surface area contributed by atoms with E-state index in [-0.39, 0.29) is 0 Å². The van der Waals surface area contributed by atoms with E-state index >= 15 is 0 Å². The summed E-state index contributed by atoms with van der Waals surface area (Å²) >= 11 is 0. The molecule has 0 amide bonds. The summed E-state index contributed by atoms with van der Waals surface area (Å²) in [7, 11) is 1.98. The molecule has 0 saturated heterocycles. The fraction of sp³-hybridized carbons (Fsp3) is 0.294. The van der Waals surface area contributed by atoms with E-state index in [1.54, 1.807) is 0 Å². The summed E-state index contributed by atoms with van der Waals surface area (Å²) < 4.78 is 0. The lowest BCUT2D eigenvalue weighted by Crippen LogP contribution is -2.04. The molecule has 0 unspecified atom stereocenters. The summed E-state index contributed by atoms with van der Waals surface area (Å²) in [5.41, 5.74) is 8.05. The maximum atomic E-state index is 3.20. The molecule has 2 rings (SSSR count). The molecule has 18 heavy (non-hydrogen) atoms. The summed E-state index contributed by atoms with van der Waals surface area (Å²) in [5.74, 6) is 0. The van der Waals surface area contributed by atoms with Gasteiger partial charge in [0.1, 0.15) is 0 Å². The van der Waals surface area contributed by atoms with E-state index in [2.05, 4.69) is 62.5 Å². The van der Waals surface area contributed by atoms with Gasteiger partial charge in [-0.05, 0) is 67.3 Å². The quantitative estimate of drug-likeness (QED) is 0.853. The van der Waals surface area contributed by atoms with Gasteiger partial charge in [0.15, 0.2) is 0 Å². The molecule has 94 valence electrons. The molecule has 0 aromatic heterocycles. The third-order valence-corrected chi connectivity index (χ3v) is 3.46. The average Bonchev–Trinajstić information content (AvgIpc) is 2.34. The summed E-state index contributed by atoms with van der Waals surface area (Å²) in [5, 5.41) is 3.20. The van der Waals surface area contributed by atoms with E-state index in [4.69, 9.17) is 0 Å². The van der Waals surface area contributed by atoms with Crippen molar-refractivity contribution in [3.8, 4) is 11.1 Å². The van der Waals surface area contributed by atoms with Crippen molar-refractivity contribution >= 4 is 0 Å². The van der Waals surface area contributed by atoms with Gasteiger partial charge in [-0.15, -0.1) is 0 Å². The molecular weight excluding hydrogens is 218 g/mol. The van der Waals surface area contributed by atoms with Crippen molar-refractivity contribution in [2.24, 2.45) is 0 Å². The third kappa shape index (κ3) is 2.62. The predicted molar refractivity (Wildman–Crippen MR) is 78.9 cm³/mol. The first kappa shape index (κ1) is 12.8. The Bertz CT molecular complexity index is 556. The van der Waals surface area contributed by atoms with Crippen molar-refractivity contribution < 1.29 is 0 Å². The van der Waals surface area contributed by atoms with Crippen molar-refractivity contribution in [2.75, 3.05) is 7.05 Å². The second-order valence-corrected chi connectivity index (χ2v) is 4.98. The van der Waals surface area contributed by atoms with E-state index in [1.165, 1.54) is 33.4 Å². The Morgan fingerprint density at radius 2 is 1.61 bits per heavy atom. The van der Waals surface area contributed by atoms with Crippen molar-refractivity contribution in [3.63, 3.8) is 0 Å². The van der Waals surface area contributed by atoms with Crippen molar-refractivity contribution in [1.29, 1.82) is 0 Å². The van der Waals surface area contributed by atoms with E-state index in [1.807, 2.05) is 7.05 Å². The molecule has 0 spiro atoms. The minimum absolute atomic E-state index is 0.914. The third-order valence-electron chi connectivity index (χ3n) is 3.46. The SMILES string of the molecule is CNCc1cccc(-c2cc(C)c(C)cc2C)c1. The number of hydrogen-bond donors (Lipinski definition) is 1. The fourth-order valence-electron chi connectivity index (χ4n) is 2.32. The Balaban J connectivity index is 2.48. The summed E-state index contributed by atoms with van der Waals surface area (Å²) in [6, 6.07) is 13.3. The molecule has 2 aromatic carbocycles. The van der Waals surface area contributed by atoms with E-state index in [0.29, 0.717) is 0 Å². The molecule has 0 aliphatic carbocycles. The van der Waals surface area contributed by atoms with Gasteiger partial charge >= 0.3 is 0 Å². The van der Waals surface area contributed by atoms with Gasteiger partial charge in [0.05, 0.1) is 0 Å². The number of rotatable bonds is 3. The van der Waals surface area contributed by atoms with Gasteiger partial charge < -0.3 is 5.32 Å². The topological polar surface area (TPSA) is 12.0 Å². The molecule has 1 heteroatoms. The molecule has 0 heterocycles. The maximum Gasteiger partial charge on any atom is 0.0202 e. The van der Waals surface area contributed by atoms with E-state index in [0.717, 1.165) is 6.54 Å². The van der Waals surface area contributed by atoms with Gasteiger partial charge in [-0.2, -0.15) is 0 Å². The van der Waals surface area contributed by atoms with Crippen LogP contribution >= 0.6 is 0 Å². The first-order valence-corrected chi connectivity index (χ1v) is 6.43. The molecule has 1 nitrogen and oxygen atoms in total. The fourth-order valence-corrected chi connectivity index (χ4v) is 2.32. The van der Waals surface area contributed by atoms with Crippen LogP contribution in [0, 0.1) is 20.8 Å². The molecule has 1 N–H and O–H groups in total. The molecule has 0 atom stereocenters. The lowest BCUT2D eigenvalue weighted by Gasteiger charge is -2.11. The minimum atomic E-state index is 0.914. The van der Waals surface area contributed by atoms with Crippen LogP contribution in [-0.4, -0.2) is 7.05 Å². The lowest BCUT2D eigenvalue weighted by molar-refractivity contribution is 0.818. The number of aryl methyl sites for hydroxylation is 3. The normalized spacial score (nSPS) is 10.7. The average molecular weight is 239 g/mol. The predicted octanol–water partition coefficient (Wildman–Crippen LogP) is 4.00. The largest absolute Gasteiger partial charge is 0.316 e. The van der Waals surface area contributed by atoms with Gasteiger partial charge in [0, 0.05) is 6.54 Å². The molecule has 0 aliphatic heterocycles. The van der Waals surface area contributed by atoms with E-state index < -0.39 is 0 Å². The molecule has 0 radical (unpaired) electrons. The Morgan fingerprint density at radius 3 is 2.33 bits per heavy atom. The van der Waals surface area contributed by atoms with Gasteiger partial charge in [-0.25, -0.2) is 0 Å². The first-order valence-electron chi connectivity index (χ1n) is 6.43. The zero-order valence-electron chi connectivity index (χ0n) is 11.7. The molecule has 0 saturated carbocycles. The van der Waals surface area contributed by atoms with Gasteiger partial charge in [0.2, 0.25) is 0 Å². The van der Waals surface area contributed by atoms with Crippen LogP contribution in [0.1, 0.15) is 22.3 Å². The highest BCUT2D eigenvalue weighted by Gasteiger charge is 2.05. The molecule has 0 fully saturated rings. The zero-order chi connectivity index (χ0) is 13.1. The monoisotopic (exact) mass is 239 g/mol. The van der Waals surface area contributed by atoms with Crippen LogP contribution in [0.25, 0.3) is 11.1 Å². The Labute approximate surface area is 110 Å². The summed E-state index contributed by atoms with van der Waals surface area (Å²) in [6.07, 6.45) is 0. The van der Waals surface area contributed by atoms with Gasteiger partial charge in [-0.3, -0.25) is 0 Å². The van der Waals surface area contributed by atoms with Crippen LogP contribution < -0.4 is 5.32 Å². The van der Waals surface area contributed by atoms with Crippen LogP contribution in [0.5, 0.6) is 0 Å². The maximum absolute atomic E-state index is 3.20. The Kier molecular flexibility index (Phi) is 3.83. The second kappa shape index (κ2) is 5.36.